The number of carbonyl (C=O) groups excluding carboxylic acids is 1. The number of amides is 1. The van der Waals surface area contributed by atoms with E-state index in [4.69, 9.17) is 0 Å². The number of hydrogen-bond donors (Lipinski definition) is 1. The highest BCUT2D eigenvalue weighted by Gasteiger charge is 2.28. The van der Waals surface area contributed by atoms with Gasteiger partial charge in [0.2, 0.25) is 5.88 Å². The van der Waals surface area contributed by atoms with Crippen molar-refractivity contribution < 1.29 is 22.7 Å². The lowest BCUT2D eigenvalue weighted by molar-refractivity contribution is -0.154. The summed E-state index contributed by atoms with van der Waals surface area (Å²) >= 11 is 0. The summed E-state index contributed by atoms with van der Waals surface area (Å²) < 4.78 is 40.6. The third-order valence-electron chi connectivity index (χ3n) is 2.86. The van der Waals surface area contributed by atoms with E-state index in [-0.39, 0.29) is 17.5 Å². The first kappa shape index (κ1) is 16.7. The van der Waals surface area contributed by atoms with Crippen LogP contribution in [-0.4, -0.2) is 28.7 Å². The van der Waals surface area contributed by atoms with E-state index in [0.717, 1.165) is 6.20 Å². The largest absolute Gasteiger partial charge is 0.468 e. The molecule has 1 amide bonds. The molecule has 2 aromatic heterocycles. The molecule has 0 bridgehead atoms. The third-order valence-corrected chi connectivity index (χ3v) is 2.86. The summed E-state index contributed by atoms with van der Waals surface area (Å²) in [6.07, 6.45) is -1.66. The summed E-state index contributed by atoms with van der Waals surface area (Å²) in [6, 6.07) is 7.59. The van der Waals surface area contributed by atoms with Crippen LogP contribution in [0.15, 0.2) is 42.7 Å². The van der Waals surface area contributed by atoms with Gasteiger partial charge >= 0.3 is 6.18 Å². The van der Waals surface area contributed by atoms with Crippen LogP contribution >= 0.6 is 0 Å². The molecule has 1 N–H and O–H groups in total. The zero-order valence-corrected chi connectivity index (χ0v) is 12.2. The van der Waals surface area contributed by atoms with Crippen molar-refractivity contribution in [2.75, 3.05) is 6.61 Å². The third kappa shape index (κ3) is 5.24. The van der Waals surface area contributed by atoms with Gasteiger partial charge in [0, 0.05) is 18.5 Å². The van der Waals surface area contributed by atoms with Gasteiger partial charge in [-0.2, -0.15) is 13.2 Å². The summed E-state index contributed by atoms with van der Waals surface area (Å²) in [5, 5.41) is 2.73. The molecule has 2 heterocycles. The van der Waals surface area contributed by atoms with E-state index in [1.165, 1.54) is 12.1 Å². The van der Waals surface area contributed by atoms with Crippen LogP contribution < -0.4 is 10.1 Å². The molecule has 5 nitrogen and oxygen atoms in total. The molecule has 1 atom stereocenters. The van der Waals surface area contributed by atoms with E-state index in [2.05, 4.69) is 20.0 Å². The van der Waals surface area contributed by atoms with Crippen molar-refractivity contribution in [1.29, 1.82) is 0 Å². The monoisotopic (exact) mass is 325 g/mol. The Balaban J connectivity index is 1.95. The zero-order chi connectivity index (χ0) is 16.9. The van der Waals surface area contributed by atoms with Crippen LogP contribution in [0.4, 0.5) is 13.2 Å². The molecule has 2 aromatic rings. The van der Waals surface area contributed by atoms with E-state index in [1.54, 1.807) is 31.3 Å². The molecule has 0 aliphatic rings. The summed E-state index contributed by atoms with van der Waals surface area (Å²) in [6.45, 7) is 0.344. The van der Waals surface area contributed by atoms with Crippen molar-refractivity contribution >= 4 is 5.91 Å². The molecule has 2 rings (SSSR count). The van der Waals surface area contributed by atoms with Gasteiger partial charge in [-0.05, 0) is 25.1 Å². The SMILES string of the molecule is CC(NC(=O)c1ccc(OCC(F)(F)F)nc1)c1ccccn1. The maximum absolute atomic E-state index is 12.1. The Hall–Kier alpha value is -2.64. The highest BCUT2D eigenvalue weighted by molar-refractivity contribution is 5.94. The van der Waals surface area contributed by atoms with Gasteiger partial charge in [-0.3, -0.25) is 9.78 Å². The first-order valence-electron chi connectivity index (χ1n) is 6.72. The van der Waals surface area contributed by atoms with Gasteiger partial charge in [-0.15, -0.1) is 0 Å². The maximum Gasteiger partial charge on any atom is 0.422 e. The number of alkyl halides is 3. The second-order valence-corrected chi connectivity index (χ2v) is 4.74. The molecular formula is C15H14F3N3O2. The Bertz CT molecular complexity index is 645. The quantitative estimate of drug-likeness (QED) is 0.918. The number of ether oxygens (including phenoxy) is 1. The average Bonchev–Trinajstić information content (AvgIpc) is 2.53. The molecule has 0 saturated carbocycles. The van der Waals surface area contributed by atoms with Crippen molar-refractivity contribution in [2.24, 2.45) is 0 Å². The molecule has 0 spiro atoms. The number of nitrogens with one attached hydrogen (secondary N) is 1. The van der Waals surface area contributed by atoms with Crippen LogP contribution in [0.2, 0.25) is 0 Å². The van der Waals surface area contributed by atoms with Crippen LogP contribution in [0.25, 0.3) is 0 Å². The van der Waals surface area contributed by atoms with Crippen molar-refractivity contribution in [1.82, 2.24) is 15.3 Å². The van der Waals surface area contributed by atoms with Gasteiger partial charge in [-0.25, -0.2) is 4.98 Å². The topological polar surface area (TPSA) is 64.1 Å². The van der Waals surface area contributed by atoms with Crippen molar-refractivity contribution in [3.05, 3.63) is 54.0 Å². The minimum absolute atomic E-state index is 0.198. The summed E-state index contributed by atoms with van der Waals surface area (Å²) in [7, 11) is 0. The molecule has 8 heteroatoms. The van der Waals surface area contributed by atoms with Crippen LogP contribution in [0, 0.1) is 0 Å². The normalized spacial score (nSPS) is 12.5. The first-order valence-corrected chi connectivity index (χ1v) is 6.72. The van der Waals surface area contributed by atoms with Gasteiger partial charge in [0.1, 0.15) is 0 Å². The zero-order valence-electron chi connectivity index (χ0n) is 12.2. The molecule has 0 fully saturated rings. The first-order chi connectivity index (χ1) is 10.8. The molecule has 0 aliphatic heterocycles. The standard InChI is InChI=1S/C15H14F3N3O2/c1-10(12-4-2-3-7-19-12)21-14(22)11-5-6-13(20-8-11)23-9-15(16,17)18/h2-8,10H,9H2,1H3,(H,21,22). The second kappa shape index (κ2) is 7.08. The van der Waals surface area contributed by atoms with E-state index in [1.807, 2.05) is 0 Å². The highest BCUT2D eigenvalue weighted by Crippen LogP contribution is 2.17. The number of carbonyl (C=O) groups is 1. The smallest absolute Gasteiger partial charge is 0.422 e. The summed E-state index contributed by atoms with van der Waals surface area (Å²) in [5.41, 5.74) is 0.908. The van der Waals surface area contributed by atoms with Crippen molar-refractivity contribution in [3.63, 3.8) is 0 Å². The van der Waals surface area contributed by atoms with Crippen LogP contribution in [0.3, 0.4) is 0 Å². The Morgan fingerprint density at radius 3 is 2.61 bits per heavy atom. The number of aromatic nitrogens is 2. The number of pyridine rings is 2. The van der Waals surface area contributed by atoms with E-state index in [9.17, 15) is 18.0 Å². The second-order valence-electron chi connectivity index (χ2n) is 4.74. The lowest BCUT2D eigenvalue weighted by Crippen LogP contribution is -2.27. The number of rotatable bonds is 5. The molecular weight excluding hydrogens is 311 g/mol. The van der Waals surface area contributed by atoms with Crippen LogP contribution in [0.5, 0.6) is 5.88 Å². The molecule has 122 valence electrons. The predicted octanol–water partition coefficient (Wildman–Crippen LogP) is 2.91. The maximum atomic E-state index is 12.1. The fourth-order valence-electron chi connectivity index (χ4n) is 1.74. The van der Waals surface area contributed by atoms with Gasteiger partial charge in [-0.1, -0.05) is 6.07 Å². The van der Waals surface area contributed by atoms with E-state index in [0.29, 0.717) is 5.69 Å². The predicted molar refractivity (Wildman–Crippen MR) is 75.9 cm³/mol. The molecule has 0 aromatic carbocycles. The lowest BCUT2D eigenvalue weighted by atomic mass is 10.2. The molecule has 0 radical (unpaired) electrons. The minimum Gasteiger partial charge on any atom is -0.468 e. The van der Waals surface area contributed by atoms with Gasteiger partial charge in [0.05, 0.1) is 17.3 Å². The van der Waals surface area contributed by atoms with Crippen LogP contribution in [0.1, 0.15) is 29.0 Å². The lowest BCUT2D eigenvalue weighted by Gasteiger charge is -2.13. The molecule has 23 heavy (non-hydrogen) atoms. The van der Waals surface area contributed by atoms with Crippen molar-refractivity contribution in [2.45, 2.75) is 19.1 Å². The molecule has 1 unspecified atom stereocenters. The number of halogens is 3. The van der Waals surface area contributed by atoms with Gasteiger partial charge < -0.3 is 10.1 Å². The fourth-order valence-corrected chi connectivity index (χ4v) is 1.74. The van der Waals surface area contributed by atoms with E-state index < -0.39 is 18.7 Å². The summed E-state index contributed by atoms with van der Waals surface area (Å²) in [4.78, 5) is 19.9. The highest BCUT2D eigenvalue weighted by atomic mass is 19.4. The van der Waals surface area contributed by atoms with Gasteiger partial charge in [0.25, 0.3) is 5.91 Å². The molecule has 0 aliphatic carbocycles. The van der Waals surface area contributed by atoms with E-state index >= 15 is 0 Å². The van der Waals surface area contributed by atoms with Crippen LogP contribution in [-0.2, 0) is 0 Å². The Morgan fingerprint density at radius 2 is 2.04 bits per heavy atom. The number of nitrogens with zero attached hydrogens (tertiary/aromatic N) is 2. The van der Waals surface area contributed by atoms with Gasteiger partial charge in [0.15, 0.2) is 6.61 Å². The molecule has 0 saturated heterocycles. The Kier molecular flexibility index (Phi) is 5.15. The summed E-state index contributed by atoms with van der Waals surface area (Å²) in [5.74, 6) is -0.602. The average molecular weight is 325 g/mol. The fraction of sp³-hybridized carbons (Fsp3) is 0.267. The minimum atomic E-state index is -4.43. The Labute approximate surface area is 130 Å². The Morgan fingerprint density at radius 1 is 1.26 bits per heavy atom. The number of hydrogen-bond acceptors (Lipinski definition) is 4. The van der Waals surface area contributed by atoms with Crippen molar-refractivity contribution in [3.8, 4) is 5.88 Å².